The van der Waals surface area contributed by atoms with Gasteiger partial charge in [0.2, 0.25) is 0 Å². The van der Waals surface area contributed by atoms with Crippen LogP contribution >= 0.6 is 11.8 Å². The van der Waals surface area contributed by atoms with Crippen molar-refractivity contribution >= 4 is 22.7 Å². The molecule has 0 saturated carbocycles. The number of methoxy groups -OCH3 is 1. The summed E-state index contributed by atoms with van der Waals surface area (Å²) in [7, 11) is 3.49. The van der Waals surface area contributed by atoms with Crippen molar-refractivity contribution < 1.29 is 9.47 Å². The number of thioether (sulfide) groups is 1. The highest BCUT2D eigenvalue weighted by Crippen LogP contribution is 2.21. The SMILES string of the molecule is COc1ncc2ccc(OCCCSc3nncn3C)cc2n1. The Morgan fingerprint density at radius 1 is 1.30 bits per heavy atom. The molecule has 120 valence electrons. The minimum atomic E-state index is 0.356. The summed E-state index contributed by atoms with van der Waals surface area (Å²) < 4.78 is 12.7. The largest absolute Gasteiger partial charge is 0.493 e. The van der Waals surface area contributed by atoms with Gasteiger partial charge in [0.25, 0.3) is 0 Å². The van der Waals surface area contributed by atoms with E-state index in [1.807, 2.05) is 29.8 Å². The first kappa shape index (κ1) is 15.5. The van der Waals surface area contributed by atoms with Crippen molar-refractivity contribution in [3.05, 3.63) is 30.7 Å². The number of ether oxygens (including phenoxy) is 2. The van der Waals surface area contributed by atoms with Crippen LogP contribution in [-0.2, 0) is 7.05 Å². The van der Waals surface area contributed by atoms with E-state index < -0.39 is 0 Å². The second-order valence-corrected chi connectivity index (χ2v) is 5.91. The van der Waals surface area contributed by atoms with Crippen LogP contribution in [0.2, 0.25) is 0 Å². The van der Waals surface area contributed by atoms with Gasteiger partial charge in [-0.05, 0) is 18.6 Å². The molecule has 0 saturated heterocycles. The molecule has 2 heterocycles. The second kappa shape index (κ2) is 7.28. The van der Waals surface area contributed by atoms with Gasteiger partial charge in [0, 0.05) is 30.4 Å². The molecule has 0 radical (unpaired) electrons. The molecule has 0 bridgehead atoms. The van der Waals surface area contributed by atoms with E-state index in [1.165, 1.54) is 0 Å². The molecule has 23 heavy (non-hydrogen) atoms. The zero-order chi connectivity index (χ0) is 16.1. The lowest BCUT2D eigenvalue weighted by atomic mass is 10.2. The minimum absolute atomic E-state index is 0.356. The first-order valence-corrected chi connectivity index (χ1v) is 8.15. The summed E-state index contributed by atoms with van der Waals surface area (Å²) in [6, 6.07) is 6.12. The maximum Gasteiger partial charge on any atom is 0.316 e. The van der Waals surface area contributed by atoms with Crippen LogP contribution in [0.4, 0.5) is 0 Å². The maximum absolute atomic E-state index is 5.78. The van der Waals surface area contributed by atoms with Gasteiger partial charge in [-0.25, -0.2) is 4.98 Å². The van der Waals surface area contributed by atoms with Gasteiger partial charge in [-0.1, -0.05) is 11.8 Å². The fraction of sp³-hybridized carbons (Fsp3) is 0.333. The van der Waals surface area contributed by atoms with Crippen LogP contribution in [0.3, 0.4) is 0 Å². The summed E-state index contributed by atoms with van der Waals surface area (Å²) in [6.07, 6.45) is 4.36. The summed E-state index contributed by atoms with van der Waals surface area (Å²) >= 11 is 1.67. The van der Waals surface area contributed by atoms with Crippen molar-refractivity contribution in [3.8, 4) is 11.8 Å². The van der Waals surface area contributed by atoms with E-state index in [-0.39, 0.29) is 0 Å². The van der Waals surface area contributed by atoms with Gasteiger partial charge in [-0.15, -0.1) is 10.2 Å². The molecule has 2 aromatic heterocycles. The topological polar surface area (TPSA) is 75.0 Å². The lowest BCUT2D eigenvalue weighted by Crippen LogP contribution is -2.00. The molecule has 0 amide bonds. The van der Waals surface area contributed by atoms with Crippen LogP contribution < -0.4 is 9.47 Å². The summed E-state index contributed by atoms with van der Waals surface area (Å²) in [5.41, 5.74) is 0.808. The number of hydrogen-bond donors (Lipinski definition) is 0. The van der Waals surface area contributed by atoms with E-state index in [1.54, 1.807) is 31.4 Å². The summed E-state index contributed by atoms with van der Waals surface area (Å²) in [6.45, 7) is 0.637. The first-order chi connectivity index (χ1) is 11.3. The van der Waals surface area contributed by atoms with Crippen LogP contribution in [0.25, 0.3) is 10.9 Å². The van der Waals surface area contributed by atoms with Crippen LogP contribution in [0.1, 0.15) is 6.42 Å². The van der Waals surface area contributed by atoms with Crippen molar-refractivity contribution in [2.24, 2.45) is 7.05 Å². The molecule has 8 heteroatoms. The minimum Gasteiger partial charge on any atom is -0.493 e. The molecule has 0 aliphatic carbocycles. The molecule has 7 nitrogen and oxygen atoms in total. The molecule has 0 unspecified atom stereocenters. The Hall–Kier alpha value is -2.35. The van der Waals surface area contributed by atoms with Crippen molar-refractivity contribution in [2.45, 2.75) is 11.6 Å². The highest BCUT2D eigenvalue weighted by molar-refractivity contribution is 7.99. The summed E-state index contributed by atoms with van der Waals surface area (Å²) in [5.74, 6) is 1.72. The van der Waals surface area contributed by atoms with Gasteiger partial charge in [-0.3, -0.25) is 0 Å². The maximum atomic E-state index is 5.78. The number of benzene rings is 1. The van der Waals surface area contributed by atoms with E-state index in [2.05, 4.69) is 20.2 Å². The zero-order valence-corrected chi connectivity index (χ0v) is 13.8. The molecule has 3 aromatic rings. The van der Waals surface area contributed by atoms with Crippen molar-refractivity contribution in [1.82, 2.24) is 24.7 Å². The number of hydrogen-bond acceptors (Lipinski definition) is 7. The molecule has 0 spiro atoms. The number of aryl methyl sites for hydroxylation is 1. The standard InChI is InChI=1S/C15H17N5O2S/c1-20-10-17-19-15(20)23-7-3-6-22-12-5-4-11-9-16-14(21-2)18-13(11)8-12/h4-5,8-10H,3,6-7H2,1-2H3. The summed E-state index contributed by atoms with van der Waals surface area (Å²) in [4.78, 5) is 8.39. The third kappa shape index (κ3) is 3.89. The van der Waals surface area contributed by atoms with Crippen molar-refractivity contribution in [1.29, 1.82) is 0 Å². The smallest absolute Gasteiger partial charge is 0.316 e. The fourth-order valence-electron chi connectivity index (χ4n) is 1.99. The van der Waals surface area contributed by atoms with Gasteiger partial charge < -0.3 is 14.0 Å². The third-order valence-electron chi connectivity index (χ3n) is 3.17. The van der Waals surface area contributed by atoms with Crippen LogP contribution in [0, 0.1) is 0 Å². The van der Waals surface area contributed by atoms with Crippen LogP contribution in [0.15, 0.2) is 35.9 Å². The number of fused-ring (bicyclic) bond motifs is 1. The molecule has 3 rings (SSSR count). The Morgan fingerprint density at radius 3 is 3.00 bits per heavy atom. The molecule has 0 aliphatic rings. The van der Waals surface area contributed by atoms with E-state index in [0.717, 1.165) is 34.0 Å². The molecular formula is C15H17N5O2S. The Kier molecular flexibility index (Phi) is 4.92. The Morgan fingerprint density at radius 2 is 2.22 bits per heavy atom. The Labute approximate surface area is 138 Å². The van der Waals surface area contributed by atoms with E-state index in [0.29, 0.717) is 12.6 Å². The van der Waals surface area contributed by atoms with Crippen molar-refractivity contribution in [3.63, 3.8) is 0 Å². The predicted octanol–water partition coefficient (Wildman–Crippen LogP) is 2.33. The van der Waals surface area contributed by atoms with Gasteiger partial charge in [0.1, 0.15) is 12.1 Å². The van der Waals surface area contributed by atoms with E-state index in [9.17, 15) is 0 Å². The normalized spacial score (nSPS) is 10.9. The highest BCUT2D eigenvalue weighted by Gasteiger charge is 2.03. The average Bonchev–Trinajstić information content (AvgIpc) is 2.99. The third-order valence-corrected chi connectivity index (χ3v) is 4.29. The number of nitrogens with zero attached hydrogens (tertiary/aromatic N) is 5. The quantitative estimate of drug-likeness (QED) is 0.486. The first-order valence-electron chi connectivity index (χ1n) is 7.16. The lowest BCUT2D eigenvalue weighted by molar-refractivity contribution is 0.319. The Balaban J connectivity index is 1.52. The average molecular weight is 331 g/mol. The summed E-state index contributed by atoms with van der Waals surface area (Å²) in [5, 5.41) is 9.75. The molecule has 0 fully saturated rings. The molecule has 0 atom stereocenters. The van der Waals surface area contributed by atoms with Gasteiger partial charge in [0.15, 0.2) is 5.16 Å². The predicted molar refractivity (Wildman–Crippen MR) is 87.9 cm³/mol. The molecule has 0 aliphatic heterocycles. The number of aromatic nitrogens is 5. The van der Waals surface area contributed by atoms with Gasteiger partial charge in [0.05, 0.1) is 19.2 Å². The molecule has 1 aromatic carbocycles. The molecule has 0 N–H and O–H groups in total. The van der Waals surface area contributed by atoms with Crippen LogP contribution in [-0.4, -0.2) is 44.2 Å². The monoisotopic (exact) mass is 331 g/mol. The van der Waals surface area contributed by atoms with Crippen LogP contribution in [0.5, 0.6) is 11.8 Å². The lowest BCUT2D eigenvalue weighted by Gasteiger charge is -2.07. The van der Waals surface area contributed by atoms with E-state index in [4.69, 9.17) is 9.47 Å². The van der Waals surface area contributed by atoms with Gasteiger partial charge >= 0.3 is 6.01 Å². The number of rotatable bonds is 7. The highest BCUT2D eigenvalue weighted by atomic mass is 32.2. The Bertz CT molecular complexity index is 792. The molecular weight excluding hydrogens is 314 g/mol. The fourth-order valence-corrected chi connectivity index (χ4v) is 2.79. The second-order valence-electron chi connectivity index (χ2n) is 4.85. The zero-order valence-electron chi connectivity index (χ0n) is 13.0. The van der Waals surface area contributed by atoms with Crippen molar-refractivity contribution in [2.75, 3.05) is 19.5 Å². The van der Waals surface area contributed by atoms with E-state index >= 15 is 0 Å². The van der Waals surface area contributed by atoms with Gasteiger partial charge in [-0.2, -0.15) is 4.98 Å².